The van der Waals surface area contributed by atoms with E-state index in [1.165, 1.54) is 18.0 Å². The highest BCUT2D eigenvalue weighted by Gasteiger charge is 2.09. The topological polar surface area (TPSA) is 111 Å². The summed E-state index contributed by atoms with van der Waals surface area (Å²) in [7, 11) is 1.76. The van der Waals surface area contributed by atoms with E-state index < -0.39 is 0 Å². The summed E-state index contributed by atoms with van der Waals surface area (Å²) < 4.78 is 7.44. The van der Waals surface area contributed by atoms with E-state index in [9.17, 15) is 9.59 Å². The number of aryl methyl sites for hydroxylation is 3. The lowest BCUT2D eigenvalue weighted by molar-refractivity contribution is -0.113. The van der Waals surface area contributed by atoms with Gasteiger partial charge >= 0.3 is 0 Å². The Morgan fingerprint density at radius 1 is 0.972 bits per heavy atom. The van der Waals surface area contributed by atoms with Crippen LogP contribution in [-0.2, 0) is 18.4 Å². The molecule has 2 heterocycles. The van der Waals surface area contributed by atoms with Crippen LogP contribution in [-0.4, -0.2) is 37.3 Å². The average molecular weight is 503 g/mol. The van der Waals surface area contributed by atoms with Crippen molar-refractivity contribution < 1.29 is 14.3 Å². The zero-order valence-electron chi connectivity index (χ0n) is 20.2. The number of carbonyl (C=O) groups excluding carboxylic acids is 2. The van der Waals surface area contributed by atoms with E-state index in [0.717, 1.165) is 17.0 Å². The molecule has 2 aromatic heterocycles. The number of amides is 2. The van der Waals surface area contributed by atoms with Crippen LogP contribution in [0.2, 0.25) is 0 Å². The molecule has 0 aliphatic heterocycles. The van der Waals surface area contributed by atoms with E-state index >= 15 is 0 Å². The Morgan fingerprint density at radius 3 is 2.42 bits per heavy atom. The van der Waals surface area contributed by atoms with Crippen LogP contribution >= 0.6 is 11.8 Å². The molecule has 2 amide bonds. The molecule has 2 aromatic carbocycles. The van der Waals surface area contributed by atoms with E-state index in [-0.39, 0.29) is 17.6 Å². The smallest absolute Gasteiger partial charge is 0.258 e. The minimum atomic E-state index is -0.226. The van der Waals surface area contributed by atoms with Gasteiger partial charge in [-0.1, -0.05) is 23.9 Å². The third kappa shape index (κ3) is 7.16. The number of ether oxygens (including phenoxy) is 1. The fraction of sp³-hybridized carbons (Fsp3) is 0.192. The SMILES string of the molecule is Cc1cc(C)nc(SCC(=O)Nc2cccc(COc3ccc(NC(=O)c4cnn(C)c4)cc3)c2)n1. The normalized spacial score (nSPS) is 10.6. The molecule has 0 spiro atoms. The van der Waals surface area contributed by atoms with Crippen molar-refractivity contribution in [3.8, 4) is 5.75 Å². The summed E-state index contributed by atoms with van der Waals surface area (Å²) in [5, 5.41) is 10.3. The van der Waals surface area contributed by atoms with Gasteiger partial charge in [0.2, 0.25) is 5.91 Å². The van der Waals surface area contributed by atoms with Gasteiger partial charge in [0.25, 0.3) is 5.91 Å². The minimum absolute atomic E-state index is 0.134. The molecule has 0 aliphatic carbocycles. The number of anilines is 2. The van der Waals surface area contributed by atoms with E-state index in [4.69, 9.17) is 4.74 Å². The maximum atomic E-state index is 12.4. The Morgan fingerprint density at radius 2 is 1.72 bits per heavy atom. The lowest BCUT2D eigenvalue weighted by Crippen LogP contribution is -2.14. The number of nitrogens with one attached hydrogen (secondary N) is 2. The van der Waals surface area contributed by atoms with Crippen LogP contribution in [0, 0.1) is 13.8 Å². The first-order valence-electron chi connectivity index (χ1n) is 11.2. The highest BCUT2D eigenvalue weighted by molar-refractivity contribution is 7.99. The molecule has 0 radical (unpaired) electrons. The molecule has 4 rings (SSSR count). The van der Waals surface area contributed by atoms with Gasteiger partial charge < -0.3 is 15.4 Å². The maximum Gasteiger partial charge on any atom is 0.258 e. The number of aromatic nitrogens is 4. The number of carbonyl (C=O) groups is 2. The van der Waals surface area contributed by atoms with Crippen LogP contribution < -0.4 is 15.4 Å². The summed E-state index contributed by atoms with van der Waals surface area (Å²) in [4.78, 5) is 33.3. The van der Waals surface area contributed by atoms with Gasteiger partial charge in [-0.3, -0.25) is 14.3 Å². The number of thioether (sulfide) groups is 1. The van der Waals surface area contributed by atoms with Gasteiger partial charge in [0.15, 0.2) is 5.16 Å². The maximum absolute atomic E-state index is 12.4. The molecule has 0 fully saturated rings. The second kappa shape index (κ2) is 11.5. The van der Waals surface area contributed by atoms with Crippen molar-refractivity contribution in [2.45, 2.75) is 25.6 Å². The van der Waals surface area contributed by atoms with Crippen molar-refractivity contribution in [3.05, 3.63) is 89.5 Å². The molecule has 4 aromatic rings. The second-order valence-corrected chi connectivity index (χ2v) is 9.08. The largest absolute Gasteiger partial charge is 0.489 e. The lowest BCUT2D eigenvalue weighted by Gasteiger charge is -2.10. The van der Waals surface area contributed by atoms with Crippen LogP contribution in [0.5, 0.6) is 5.75 Å². The molecular weight excluding hydrogens is 476 g/mol. The predicted octanol–water partition coefficient (Wildman–Crippen LogP) is 4.39. The first-order valence-corrected chi connectivity index (χ1v) is 12.2. The van der Waals surface area contributed by atoms with Crippen molar-refractivity contribution in [1.29, 1.82) is 0 Å². The fourth-order valence-electron chi connectivity index (χ4n) is 3.37. The summed E-state index contributed by atoms with van der Waals surface area (Å²) in [6, 6.07) is 16.5. The van der Waals surface area contributed by atoms with E-state index in [2.05, 4.69) is 25.7 Å². The van der Waals surface area contributed by atoms with Gasteiger partial charge in [-0.05, 0) is 61.9 Å². The third-order valence-corrected chi connectivity index (χ3v) is 5.84. The zero-order chi connectivity index (χ0) is 25.5. The minimum Gasteiger partial charge on any atom is -0.489 e. The number of hydrogen-bond donors (Lipinski definition) is 2. The number of hydrogen-bond acceptors (Lipinski definition) is 7. The van der Waals surface area contributed by atoms with Gasteiger partial charge in [-0.25, -0.2) is 9.97 Å². The van der Waals surface area contributed by atoms with Crippen molar-refractivity contribution in [3.63, 3.8) is 0 Å². The van der Waals surface area contributed by atoms with Crippen LogP contribution in [0.25, 0.3) is 0 Å². The number of rotatable bonds is 9. The highest BCUT2D eigenvalue weighted by Crippen LogP contribution is 2.20. The van der Waals surface area contributed by atoms with E-state index in [1.54, 1.807) is 42.2 Å². The molecule has 2 N–H and O–H groups in total. The van der Waals surface area contributed by atoms with Gasteiger partial charge in [0.1, 0.15) is 12.4 Å². The van der Waals surface area contributed by atoms with Crippen LogP contribution in [0.15, 0.2) is 72.1 Å². The second-order valence-electron chi connectivity index (χ2n) is 8.14. The fourth-order valence-corrected chi connectivity index (χ4v) is 4.12. The highest BCUT2D eigenvalue weighted by atomic mass is 32.2. The van der Waals surface area contributed by atoms with Crippen LogP contribution in [0.4, 0.5) is 11.4 Å². The Kier molecular flexibility index (Phi) is 7.96. The van der Waals surface area contributed by atoms with Crippen molar-refractivity contribution in [2.75, 3.05) is 16.4 Å². The Balaban J connectivity index is 1.26. The molecule has 0 bridgehead atoms. The van der Waals surface area contributed by atoms with Gasteiger partial charge in [-0.15, -0.1) is 0 Å². The van der Waals surface area contributed by atoms with Gasteiger partial charge in [0.05, 0.1) is 17.5 Å². The van der Waals surface area contributed by atoms with Gasteiger partial charge in [0, 0.05) is 36.0 Å². The number of nitrogens with zero attached hydrogens (tertiary/aromatic N) is 4. The quantitative estimate of drug-likeness (QED) is 0.258. The predicted molar refractivity (Wildman–Crippen MR) is 139 cm³/mol. The van der Waals surface area contributed by atoms with Crippen LogP contribution in [0.3, 0.4) is 0 Å². The Labute approximate surface area is 213 Å². The molecule has 184 valence electrons. The molecule has 0 atom stereocenters. The lowest BCUT2D eigenvalue weighted by atomic mass is 10.2. The summed E-state index contributed by atoms with van der Waals surface area (Å²) in [5.41, 5.74) is 4.50. The molecule has 0 saturated carbocycles. The van der Waals surface area contributed by atoms with E-state index in [0.29, 0.717) is 34.5 Å². The molecule has 0 unspecified atom stereocenters. The zero-order valence-corrected chi connectivity index (χ0v) is 21.0. The standard InChI is InChI=1S/C26H26N6O3S/c1-17-11-18(2)29-26(28-17)36-16-24(33)30-22-6-4-5-19(12-22)15-35-23-9-7-21(8-10-23)31-25(34)20-13-27-32(3)14-20/h4-14H,15-16H2,1-3H3,(H,30,33)(H,31,34). The molecule has 0 saturated heterocycles. The summed E-state index contributed by atoms with van der Waals surface area (Å²) in [6.07, 6.45) is 3.17. The van der Waals surface area contributed by atoms with Gasteiger partial charge in [-0.2, -0.15) is 5.10 Å². The van der Waals surface area contributed by atoms with E-state index in [1.807, 2.05) is 44.2 Å². The third-order valence-electron chi connectivity index (χ3n) is 4.99. The molecular formula is C26H26N6O3S. The van der Waals surface area contributed by atoms with Crippen molar-refractivity contribution >= 4 is 35.0 Å². The first kappa shape index (κ1) is 24.9. The molecule has 10 heteroatoms. The molecule has 9 nitrogen and oxygen atoms in total. The molecule has 0 aliphatic rings. The summed E-state index contributed by atoms with van der Waals surface area (Å²) in [5.74, 6) is 0.516. The summed E-state index contributed by atoms with van der Waals surface area (Å²) >= 11 is 1.30. The van der Waals surface area contributed by atoms with Crippen LogP contribution in [0.1, 0.15) is 27.3 Å². The average Bonchev–Trinajstić information content (AvgIpc) is 3.28. The first-order chi connectivity index (χ1) is 17.3. The summed E-state index contributed by atoms with van der Waals surface area (Å²) in [6.45, 7) is 4.14. The molecule has 36 heavy (non-hydrogen) atoms. The number of benzene rings is 2. The Bertz CT molecular complexity index is 1350. The Hall–Kier alpha value is -4.18. The monoisotopic (exact) mass is 502 g/mol. The van der Waals surface area contributed by atoms with Crippen molar-refractivity contribution in [2.24, 2.45) is 7.05 Å². The van der Waals surface area contributed by atoms with Crippen molar-refractivity contribution in [1.82, 2.24) is 19.7 Å².